The summed E-state index contributed by atoms with van der Waals surface area (Å²) in [6.45, 7) is 0.740. The van der Waals surface area contributed by atoms with E-state index in [1.807, 2.05) is 6.07 Å². The smallest absolute Gasteiger partial charge is 0.381 e. The van der Waals surface area contributed by atoms with Crippen LogP contribution in [0.3, 0.4) is 0 Å². The summed E-state index contributed by atoms with van der Waals surface area (Å²) in [6, 6.07) is 40.2. The summed E-state index contributed by atoms with van der Waals surface area (Å²) in [5.74, 6) is 1.75. The quantitative estimate of drug-likeness (QED) is 0.219. The Kier molecular flexibility index (Phi) is 4.54. The molecule has 32 heavy (non-hydrogen) atoms. The molecule has 6 aromatic rings. The van der Waals surface area contributed by atoms with Gasteiger partial charge >= 0.3 is 5.88 Å². The number of benzene rings is 5. The second kappa shape index (κ2) is 7.82. The Bertz CT molecular complexity index is 1520. The van der Waals surface area contributed by atoms with Crippen molar-refractivity contribution < 1.29 is 9.30 Å². The standard InChI is InChI=1S/C30H22NO/c1-2-10-22(11-3-1)21-31-19-18-23-12-4-9-17-28(23)30(31)32-29-26-15-7-5-13-24(26)20-25-14-6-8-16-27(25)29/h1-20H,21H2/q+1. The molecular formula is C30H22NO+. The van der Waals surface area contributed by atoms with Crippen molar-refractivity contribution in [2.45, 2.75) is 6.54 Å². The minimum Gasteiger partial charge on any atom is -0.403 e. The van der Waals surface area contributed by atoms with E-state index < -0.39 is 0 Å². The van der Waals surface area contributed by atoms with Gasteiger partial charge in [-0.2, -0.15) is 4.57 Å². The third-order valence-corrected chi connectivity index (χ3v) is 6.00. The highest BCUT2D eigenvalue weighted by Gasteiger charge is 2.21. The van der Waals surface area contributed by atoms with Crippen LogP contribution in [-0.2, 0) is 6.54 Å². The van der Waals surface area contributed by atoms with E-state index in [2.05, 4.69) is 120 Å². The zero-order valence-electron chi connectivity index (χ0n) is 17.6. The molecule has 5 aromatic carbocycles. The first kappa shape index (κ1) is 18.6. The SMILES string of the molecule is c1ccc(C[n+]2ccc3ccccc3c2Oc2c3ccccc3cc3ccccc23)cc1. The lowest BCUT2D eigenvalue weighted by molar-refractivity contribution is -0.690. The van der Waals surface area contributed by atoms with Gasteiger partial charge in [-0.1, -0.05) is 97.1 Å². The van der Waals surface area contributed by atoms with Crippen LogP contribution in [0.2, 0.25) is 0 Å². The summed E-state index contributed by atoms with van der Waals surface area (Å²) in [5.41, 5.74) is 1.24. The lowest BCUT2D eigenvalue weighted by Gasteiger charge is -2.13. The van der Waals surface area contributed by atoms with Crippen molar-refractivity contribution in [3.63, 3.8) is 0 Å². The number of nitrogens with zero attached hydrogens (tertiary/aromatic N) is 1. The van der Waals surface area contributed by atoms with E-state index in [-0.39, 0.29) is 0 Å². The number of aromatic nitrogens is 1. The van der Waals surface area contributed by atoms with Crippen LogP contribution in [0.5, 0.6) is 11.6 Å². The normalized spacial score (nSPS) is 11.2. The third-order valence-electron chi connectivity index (χ3n) is 6.00. The Morgan fingerprint density at radius 1 is 0.531 bits per heavy atom. The number of ether oxygens (including phenoxy) is 1. The molecule has 0 unspecified atom stereocenters. The predicted molar refractivity (Wildman–Crippen MR) is 131 cm³/mol. The Labute approximate surface area is 186 Å². The maximum Gasteiger partial charge on any atom is 0.381 e. The van der Waals surface area contributed by atoms with Gasteiger partial charge in [0.05, 0.1) is 5.39 Å². The van der Waals surface area contributed by atoms with Crippen LogP contribution in [0.25, 0.3) is 32.3 Å². The van der Waals surface area contributed by atoms with Crippen LogP contribution >= 0.6 is 0 Å². The first-order valence-corrected chi connectivity index (χ1v) is 10.9. The van der Waals surface area contributed by atoms with Gasteiger partial charge in [-0.25, -0.2) is 0 Å². The highest BCUT2D eigenvalue weighted by Crippen LogP contribution is 2.38. The maximum atomic E-state index is 6.88. The Balaban J connectivity index is 1.60. The average Bonchev–Trinajstić information content (AvgIpc) is 2.85. The molecule has 0 bridgehead atoms. The zero-order valence-corrected chi connectivity index (χ0v) is 17.6. The molecule has 2 nitrogen and oxygen atoms in total. The van der Waals surface area contributed by atoms with E-state index in [4.69, 9.17) is 4.74 Å². The van der Waals surface area contributed by atoms with Gasteiger partial charge in [0.15, 0.2) is 12.7 Å². The van der Waals surface area contributed by atoms with Crippen LogP contribution < -0.4 is 9.30 Å². The van der Waals surface area contributed by atoms with Gasteiger partial charge in [0.2, 0.25) is 0 Å². The van der Waals surface area contributed by atoms with Crippen LogP contribution in [0, 0.1) is 0 Å². The lowest BCUT2D eigenvalue weighted by Crippen LogP contribution is -2.35. The second-order valence-corrected chi connectivity index (χ2v) is 8.07. The molecule has 0 radical (unpaired) electrons. The Morgan fingerprint density at radius 3 is 1.78 bits per heavy atom. The fraction of sp³-hybridized carbons (Fsp3) is 0.0333. The zero-order chi connectivity index (χ0) is 21.3. The van der Waals surface area contributed by atoms with Crippen LogP contribution in [0.4, 0.5) is 0 Å². The molecule has 0 saturated carbocycles. The first-order valence-electron chi connectivity index (χ1n) is 10.9. The Hall–Kier alpha value is -4.17. The molecule has 152 valence electrons. The molecule has 0 amide bonds. The van der Waals surface area contributed by atoms with Gasteiger partial charge in [-0.15, -0.1) is 0 Å². The van der Waals surface area contributed by atoms with Crippen molar-refractivity contribution in [2.75, 3.05) is 0 Å². The van der Waals surface area contributed by atoms with E-state index >= 15 is 0 Å². The molecule has 0 aliphatic carbocycles. The molecule has 2 heteroatoms. The third kappa shape index (κ3) is 3.27. The number of hydrogen-bond donors (Lipinski definition) is 0. The molecule has 0 aliphatic heterocycles. The number of fused-ring (bicyclic) bond motifs is 3. The summed E-state index contributed by atoms with van der Waals surface area (Å²) >= 11 is 0. The summed E-state index contributed by atoms with van der Waals surface area (Å²) in [7, 11) is 0. The fourth-order valence-corrected chi connectivity index (χ4v) is 4.43. The van der Waals surface area contributed by atoms with Crippen molar-refractivity contribution in [3.05, 3.63) is 127 Å². The van der Waals surface area contributed by atoms with Crippen molar-refractivity contribution in [1.82, 2.24) is 0 Å². The number of rotatable bonds is 4. The molecule has 0 spiro atoms. The van der Waals surface area contributed by atoms with Crippen LogP contribution in [-0.4, -0.2) is 0 Å². The maximum absolute atomic E-state index is 6.88. The molecule has 0 fully saturated rings. The monoisotopic (exact) mass is 412 g/mol. The van der Waals surface area contributed by atoms with Crippen molar-refractivity contribution in [2.24, 2.45) is 0 Å². The molecule has 0 atom stereocenters. The minimum atomic E-state index is 0.740. The van der Waals surface area contributed by atoms with Gasteiger partial charge in [0, 0.05) is 22.4 Å². The van der Waals surface area contributed by atoms with Gasteiger partial charge in [-0.3, -0.25) is 0 Å². The van der Waals surface area contributed by atoms with E-state index in [0.29, 0.717) is 0 Å². The van der Waals surface area contributed by atoms with Crippen molar-refractivity contribution in [1.29, 1.82) is 0 Å². The largest absolute Gasteiger partial charge is 0.403 e. The first-order chi connectivity index (χ1) is 15.9. The molecular weight excluding hydrogens is 390 g/mol. The van der Waals surface area contributed by atoms with E-state index in [0.717, 1.165) is 39.7 Å². The summed E-state index contributed by atoms with van der Waals surface area (Å²) in [6.07, 6.45) is 2.12. The number of pyridine rings is 1. The molecule has 1 aromatic heterocycles. The summed E-state index contributed by atoms with van der Waals surface area (Å²) in [4.78, 5) is 0. The topological polar surface area (TPSA) is 13.1 Å². The van der Waals surface area contributed by atoms with Gasteiger partial charge < -0.3 is 4.74 Å². The van der Waals surface area contributed by atoms with Crippen LogP contribution in [0.15, 0.2) is 121 Å². The molecule has 6 rings (SSSR count). The molecule has 0 saturated heterocycles. The Morgan fingerprint density at radius 2 is 1.09 bits per heavy atom. The van der Waals surface area contributed by atoms with Gasteiger partial charge in [0.1, 0.15) is 5.75 Å². The van der Waals surface area contributed by atoms with Crippen LogP contribution in [0.1, 0.15) is 5.56 Å². The highest BCUT2D eigenvalue weighted by molar-refractivity contribution is 6.05. The number of hydrogen-bond acceptors (Lipinski definition) is 1. The summed E-state index contributed by atoms with van der Waals surface area (Å²) in [5, 5.41) is 6.85. The minimum absolute atomic E-state index is 0.740. The fourth-order valence-electron chi connectivity index (χ4n) is 4.43. The second-order valence-electron chi connectivity index (χ2n) is 8.07. The van der Waals surface area contributed by atoms with Crippen molar-refractivity contribution in [3.8, 4) is 11.6 Å². The van der Waals surface area contributed by atoms with E-state index in [9.17, 15) is 0 Å². The van der Waals surface area contributed by atoms with E-state index in [1.54, 1.807) is 0 Å². The average molecular weight is 413 g/mol. The predicted octanol–water partition coefficient (Wildman–Crippen LogP) is 7.27. The molecule has 1 heterocycles. The van der Waals surface area contributed by atoms with Gasteiger partial charge in [-0.05, 0) is 28.3 Å². The molecule has 0 aliphatic rings. The van der Waals surface area contributed by atoms with E-state index in [1.165, 1.54) is 16.3 Å². The molecule has 0 N–H and O–H groups in total. The van der Waals surface area contributed by atoms with Gasteiger partial charge in [0.25, 0.3) is 0 Å². The summed E-state index contributed by atoms with van der Waals surface area (Å²) < 4.78 is 9.09. The lowest BCUT2D eigenvalue weighted by atomic mass is 10.0. The highest BCUT2D eigenvalue weighted by atomic mass is 16.5. The van der Waals surface area contributed by atoms with Crippen molar-refractivity contribution >= 4 is 32.3 Å².